The van der Waals surface area contributed by atoms with E-state index in [9.17, 15) is 9.59 Å². The van der Waals surface area contributed by atoms with Crippen LogP contribution in [-0.4, -0.2) is 40.4 Å². The molecule has 1 N–H and O–H groups in total. The lowest BCUT2D eigenvalue weighted by Crippen LogP contribution is -2.58. The maximum atomic E-state index is 13.2. The summed E-state index contributed by atoms with van der Waals surface area (Å²) in [6.07, 6.45) is 2.16. The summed E-state index contributed by atoms with van der Waals surface area (Å²) in [6, 6.07) is 14.4. The van der Waals surface area contributed by atoms with Gasteiger partial charge in [-0.2, -0.15) is 0 Å². The number of aromatic nitrogens is 1. The van der Waals surface area contributed by atoms with Gasteiger partial charge in [0.05, 0.1) is 0 Å². The van der Waals surface area contributed by atoms with Crippen LogP contribution in [0.4, 0.5) is 0 Å². The van der Waals surface area contributed by atoms with Crippen LogP contribution >= 0.6 is 11.6 Å². The van der Waals surface area contributed by atoms with Gasteiger partial charge in [-0.1, -0.05) is 63.2 Å². The zero-order chi connectivity index (χ0) is 25.3. The Hall–Kier alpha value is -3.05. The van der Waals surface area contributed by atoms with Crippen molar-refractivity contribution < 1.29 is 9.59 Å². The molecular weight excluding hydrogens is 458 g/mol. The van der Waals surface area contributed by atoms with Crippen LogP contribution in [0.25, 0.3) is 22.0 Å². The second-order valence-electron chi connectivity index (χ2n) is 9.74. The second-order valence-corrected chi connectivity index (χ2v) is 10.2. The standard InChI is InChI=1S/C29H34ClN3O2/c1-6-25(20-15-32(16-20)28(35)7-2)31-27(34)17-33-19(5)29(24-14-21(30)12-13-26(24)33)23-11-9-8-10-22(23)18(3)4/h7-14,18,20,25H,2,6,15-17H2,1,3-5H3,(H,31,34). The number of benzene rings is 2. The quantitative estimate of drug-likeness (QED) is 0.397. The molecule has 5 nitrogen and oxygen atoms in total. The Balaban J connectivity index is 1.63. The molecule has 1 fully saturated rings. The molecule has 0 saturated carbocycles. The molecule has 1 aliphatic rings. The molecule has 2 heterocycles. The van der Waals surface area contributed by atoms with Crippen molar-refractivity contribution in [3.05, 3.63) is 71.4 Å². The molecule has 184 valence electrons. The van der Waals surface area contributed by atoms with Crippen molar-refractivity contribution >= 4 is 34.3 Å². The molecule has 2 aromatic carbocycles. The van der Waals surface area contributed by atoms with Gasteiger partial charge in [0.15, 0.2) is 0 Å². The average molecular weight is 492 g/mol. The molecule has 2 amide bonds. The molecule has 1 aliphatic heterocycles. The smallest absolute Gasteiger partial charge is 0.245 e. The summed E-state index contributed by atoms with van der Waals surface area (Å²) in [5, 5.41) is 4.96. The van der Waals surface area contributed by atoms with Crippen LogP contribution in [0.1, 0.15) is 44.4 Å². The number of likely N-dealkylation sites (tertiary alicyclic amines) is 1. The fourth-order valence-corrected chi connectivity index (χ4v) is 5.42. The predicted octanol–water partition coefficient (Wildman–Crippen LogP) is 5.93. The molecule has 4 rings (SSSR count). The molecule has 1 saturated heterocycles. The van der Waals surface area contributed by atoms with Gasteiger partial charge in [-0.15, -0.1) is 0 Å². The van der Waals surface area contributed by atoms with Crippen LogP contribution in [0, 0.1) is 12.8 Å². The fraction of sp³-hybridized carbons (Fsp3) is 0.379. The van der Waals surface area contributed by atoms with Crippen molar-refractivity contribution in [3.8, 4) is 11.1 Å². The zero-order valence-electron chi connectivity index (χ0n) is 21.0. The van der Waals surface area contributed by atoms with Crippen LogP contribution in [0.2, 0.25) is 5.02 Å². The minimum absolute atomic E-state index is 0.0241. The molecule has 0 bridgehead atoms. The van der Waals surface area contributed by atoms with E-state index >= 15 is 0 Å². The van der Waals surface area contributed by atoms with Crippen molar-refractivity contribution in [3.63, 3.8) is 0 Å². The van der Waals surface area contributed by atoms with Crippen molar-refractivity contribution in [1.29, 1.82) is 0 Å². The third kappa shape index (κ3) is 4.87. The first-order chi connectivity index (χ1) is 16.7. The topological polar surface area (TPSA) is 54.3 Å². The van der Waals surface area contributed by atoms with Crippen LogP contribution in [-0.2, 0) is 16.1 Å². The second kappa shape index (κ2) is 10.3. The SMILES string of the molecule is C=CC(=O)N1CC(C(CC)NC(=O)Cn2c(C)c(-c3ccccc3C(C)C)c3cc(Cl)ccc32)C1. The van der Waals surface area contributed by atoms with E-state index in [1.165, 1.54) is 17.2 Å². The number of hydrogen-bond acceptors (Lipinski definition) is 2. The zero-order valence-corrected chi connectivity index (χ0v) is 21.7. The number of rotatable bonds is 8. The van der Waals surface area contributed by atoms with Crippen LogP contribution in [0.3, 0.4) is 0 Å². The molecule has 1 atom stereocenters. The highest BCUT2D eigenvalue weighted by Crippen LogP contribution is 2.39. The molecule has 1 aromatic heterocycles. The van der Waals surface area contributed by atoms with Gasteiger partial charge in [0, 0.05) is 52.2 Å². The van der Waals surface area contributed by atoms with E-state index in [1.807, 2.05) is 18.2 Å². The van der Waals surface area contributed by atoms with Gasteiger partial charge in [-0.05, 0) is 54.7 Å². The lowest BCUT2D eigenvalue weighted by atomic mass is 9.89. The number of amides is 2. The Kier molecular flexibility index (Phi) is 7.36. The van der Waals surface area contributed by atoms with Gasteiger partial charge in [-0.25, -0.2) is 0 Å². The minimum Gasteiger partial charge on any atom is -0.351 e. The van der Waals surface area contributed by atoms with Crippen molar-refractivity contribution in [2.45, 2.75) is 52.6 Å². The summed E-state index contributed by atoms with van der Waals surface area (Å²) in [6.45, 7) is 13.6. The Bertz CT molecular complexity index is 1270. The maximum absolute atomic E-state index is 13.2. The predicted molar refractivity (Wildman–Crippen MR) is 144 cm³/mol. The van der Waals surface area contributed by atoms with Gasteiger partial charge in [-0.3, -0.25) is 9.59 Å². The van der Waals surface area contributed by atoms with E-state index < -0.39 is 0 Å². The van der Waals surface area contributed by atoms with Gasteiger partial charge >= 0.3 is 0 Å². The van der Waals surface area contributed by atoms with Gasteiger partial charge < -0.3 is 14.8 Å². The highest BCUT2D eigenvalue weighted by atomic mass is 35.5. The number of nitrogens with one attached hydrogen (secondary N) is 1. The summed E-state index contributed by atoms with van der Waals surface area (Å²) in [5.41, 5.74) is 5.62. The van der Waals surface area contributed by atoms with E-state index in [0.29, 0.717) is 24.0 Å². The van der Waals surface area contributed by atoms with Gasteiger partial charge in [0.2, 0.25) is 11.8 Å². The average Bonchev–Trinajstić information content (AvgIpc) is 3.07. The molecule has 0 radical (unpaired) electrons. The maximum Gasteiger partial charge on any atom is 0.245 e. The van der Waals surface area contributed by atoms with Crippen molar-refractivity contribution in [1.82, 2.24) is 14.8 Å². The van der Waals surface area contributed by atoms with Crippen molar-refractivity contribution in [2.75, 3.05) is 13.1 Å². The van der Waals surface area contributed by atoms with E-state index in [-0.39, 0.29) is 30.3 Å². The molecule has 0 spiro atoms. The van der Waals surface area contributed by atoms with E-state index in [1.54, 1.807) is 4.90 Å². The number of fused-ring (bicyclic) bond motifs is 1. The lowest BCUT2D eigenvalue weighted by Gasteiger charge is -2.43. The van der Waals surface area contributed by atoms with E-state index in [0.717, 1.165) is 28.6 Å². The lowest BCUT2D eigenvalue weighted by molar-refractivity contribution is -0.133. The minimum atomic E-state index is -0.0512. The normalized spacial score (nSPS) is 14.7. The number of halogens is 1. The molecule has 1 unspecified atom stereocenters. The fourth-order valence-electron chi connectivity index (χ4n) is 5.25. The first kappa shape index (κ1) is 25.1. The van der Waals surface area contributed by atoms with E-state index in [2.05, 4.69) is 68.4 Å². The first-order valence-corrected chi connectivity index (χ1v) is 12.7. The first-order valence-electron chi connectivity index (χ1n) is 12.3. The Morgan fingerprint density at radius 2 is 1.91 bits per heavy atom. The summed E-state index contributed by atoms with van der Waals surface area (Å²) < 4.78 is 2.09. The van der Waals surface area contributed by atoms with Crippen LogP contribution in [0.5, 0.6) is 0 Å². The summed E-state index contributed by atoms with van der Waals surface area (Å²) >= 11 is 6.41. The highest BCUT2D eigenvalue weighted by Gasteiger charge is 2.35. The number of carbonyl (C=O) groups excluding carboxylic acids is 2. The third-order valence-corrected chi connectivity index (χ3v) is 7.43. The van der Waals surface area contributed by atoms with Gasteiger partial charge in [0.1, 0.15) is 6.54 Å². The molecule has 0 aliphatic carbocycles. The number of carbonyl (C=O) groups is 2. The van der Waals surface area contributed by atoms with Gasteiger partial charge in [0.25, 0.3) is 0 Å². The summed E-state index contributed by atoms with van der Waals surface area (Å²) in [4.78, 5) is 26.8. The van der Waals surface area contributed by atoms with E-state index in [4.69, 9.17) is 11.6 Å². The summed E-state index contributed by atoms with van der Waals surface area (Å²) in [5.74, 6) is 0.558. The largest absolute Gasteiger partial charge is 0.351 e. The highest BCUT2D eigenvalue weighted by molar-refractivity contribution is 6.31. The molecule has 6 heteroatoms. The Morgan fingerprint density at radius 1 is 1.20 bits per heavy atom. The summed E-state index contributed by atoms with van der Waals surface area (Å²) in [7, 11) is 0. The Morgan fingerprint density at radius 3 is 2.57 bits per heavy atom. The van der Waals surface area contributed by atoms with Crippen molar-refractivity contribution in [2.24, 2.45) is 5.92 Å². The third-order valence-electron chi connectivity index (χ3n) is 7.19. The molecular formula is C29H34ClN3O2. The number of nitrogens with zero attached hydrogens (tertiary/aromatic N) is 2. The molecule has 3 aromatic rings. The molecule has 35 heavy (non-hydrogen) atoms. The number of hydrogen-bond donors (Lipinski definition) is 1. The van der Waals surface area contributed by atoms with Crippen LogP contribution in [0.15, 0.2) is 55.1 Å². The monoisotopic (exact) mass is 491 g/mol. The Labute approximate surface area is 212 Å². The van der Waals surface area contributed by atoms with Crippen LogP contribution < -0.4 is 5.32 Å².